The van der Waals surface area contributed by atoms with Crippen molar-refractivity contribution in [2.45, 2.75) is 31.8 Å². The fraction of sp³-hybridized carbons (Fsp3) is 0.273. The number of carbonyl (C=O) groups is 1. The van der Waals surface area contributed by atoms with Crippen molar-refractivity contribution in [1.82, 2.24) is 15.6 Å². The first-order valence-electron chi connectivity index (χ1n) is 9.20. The first-order valence-corrected chi connectivity index (χ1v) is 9.20. The van der Waals surface area contributed by atoms with Crippen molar-refractivity contribution in [2.24, 2.45) is 0 Å². The van der Waals surface area contributed by atoms with Gasteiger partial charge in [0, 0.05) is 23.0 Å². The molecule has 3 aromatic rings. The van der Waals surface area contributed by atoms with Crippen LogP contribution in [0.15, 0.2) is 60.7 Å². The van der Waals surface area contributed by atoms with Crippen LogP contribution in [-0.4, -0.2) is 29.5 Å². The van der Waals surface area contributed by atoms with Gasteiger partial charge in [-0.1, -0.05) is 48.5 Å². The molecule has 4 nitrogen and oxygen atoms in total. The van der Waals surface area contributed by atoms with Crippen LogP contribution in [0.3, 0.4) is 0 Å². The molecule has 1 fully saturated rings. The lowest BCUT2D eigenvalue weighted by atomic mass is 9.99. The Labute approximate surface area is 153 Å². The molecule has 0 bridgehead atoms. The summed E-state index contributed by atoms with van der Waals surface area (Å²) in [6, 6.07) is 20.4. The third-order valence-electron chi connectivity index (χ3n) is 4.99. The smallest absolute Gasteiger partial charge is 0.252 e. The van der Waals surface area contributed by atoms with Crippen molar-refractivity contribution < 1.29 is 4.79 Å². The minimum absolute atomic E-state index is 0.0140. The van der Waals surface area contributed by atoms with E-state index in [0.29, 0.717) is 11.6 Å². The number of carbonyl (C=O) groups excluding carboxylic acids is 1. The second-order valence-corrected chi connectivity index (χ2v) is 6.99. The molecule has 1 aliphatic rings. The monoisotopic (exact) mass is 345 g/mol. The Balaban J connectivity index is 1.72. The van der Waals surface area contributed by atoms with Gasteiger partial charge in [0.1, 0.15) is 0 Å². The zero-order chi connectivity index (χ0) is 17.9. The zero-order valence-corrected chi connectivity index (χ0v) is 14.9. The highest BCUT2D eigenvalue weighted by Crippen LogP contribution is 2.25. The first-order chi connectivity index (χ1) is 12.7. The van der Waals surface area contributed by atoms with Crippen molar-refractivity contribution in [1.29, 1.82) is 0 Å². The van der Waals surface area contributed by atoms with E-state index in [0.717, 1.165) is 41.5 Å². The number of nitrogens with one attached hydrogen (secondary N) is 2. The highest BCUT2D eigenvalue weighted by Gasteiger charge is 2.22. The minimum Gasteiger partial charge on any atom is -0.349 e. The molecule has 2 aromatic carbocycles. The SMILES string of the molecule is CC1CC(NC(=O)c2cc(-c3ccccc3)nc3ccccc23)CCN1. The van der Waals surface area contributed by atoms with Crippen LogP contribution in [0.5, 0.6) is 0 Å². The lowest BCUT2D eigenvalue weighted by Gasteiger charge is -2.28. The molecule has 2 unspecified atom stereocenters. The number of amides is 1. The number of benzene rings is 2. The third-order valence-corrected chi connectivity index (χ3v) is 4.99. The molecule has 0 saturated carbocycles. The van der Waals surface area contributed by atoms with Crippen LogP contribution < -0.4 is 10.6 Å². The summed E-state index contributed by atoms with van der Waals surface area (Å²) in [4.78, 5) is 17.8. The van der Waals surface area contributed by atoms with Gasteiger partial charge in [0.25, 0.3) is 5.91 Å². The van der Waals surface area contributed by atoms with Crippen LogP contribution >= 0.6 is 0 Å². The quantitative estimate of drug-likeness (QED) is 0.760. The number of piperidine rings is 1. The molecule has 1 saturated heterocycles. The maximum Gasteiger partial charge on any atom is 0.252 e. The summed E-state index contributed by atoms with van der Waals surface area (Å²) in [6.45, 7) is 3.10. The zero-order valence-electron chi connectivity index (χ0n) is 14.9. The maximum atomic E-state index is 13.1. The molecule has 2 atom stereocenters. The molecule has 1 aromatic heterocycles. The summed E-state index contributed by atoms with van der Waals surface area (Å²) in [5.74, 6) is -0.0140. The van der Waals surface area contributed by atoms with Gasteiger partial charge < -0.3 is 10.6 Å². The Hall–Kier alpha value is -2.72. The summed E-state index contributed by atoms with van der Waals surface area (Å²) in [5, 5.41) is 7.55. The van der Waals surface area contributed by atoms with E-state index in [9.17, 15) is 4.79 Å². The van der Waals surface area contributed by atoms with Crippen LogP contribution in [-0.2, 0) is 0 Å². The van der Waals surface area contributed by atoms with E-state index < -0.39 is 0 Å². The van der Waals surface area contributed by atoms with Gasteiger partial charge in [-0.3, -0.25) is 4.79 Å². The normalized spacial score (nSPS) is 20.0. The number of nitrogens with zero attached hydrogens (tertiary/aromatic N) is 1. The Bertz CT molecular complexity index is 923. The Morgan fingerprint density at radius 3 is 2.69 bits per heavy atom. The van der Waals surface area contributed by atoms with E-state index in [1.54, 1.807) is 0 Å². The molecule has 0 spiro atoms. The molecule has 2 N–H and O–H groups in total. The van der Waals surface area contributed by atoms with Crippen LogP contribution in [0.1, 0.15) is 30.1 Å². The Morgan fingerprint density at radius 2 is 1.88 bits per heavy atom. The van der Waals surface area contributed by atoms with E-state index in [1.807, 2.05) is 60.7 Å². The predicted molar refractivity (Wildman–Crippen MR) is 105 cm³/mol. The fourth-order valence-corrected chi connectivity index (χ4v) is 3.65. The molecule has 26 heavy (non-hydrogen) atoms. The first kappa shape index (κ1) is 16.7. The summed E-state index contributed by atoms with van der Waals surface area (Å²) in [6.07, 6.45) is 1.92. The topological polar surface area (TPSA) is 54.0 Å². The average Bonchev–Trinajstić information content (AvgIpc) is 2.68. The molecule has 4 rings (SSSR count). The van der Waals surface area contributed by atoms with Crippen LogP contribution in [0.2, 0.25) is 0 Å². The molecule has 132 valence electrons. The molecule has 0 aliphatic carbocycles. The van der Waals surface area contributed by atoms with E-state index >= 15 is 0 Å². The van der Waals surface area contributed by atoms with Crippen molar-refractivity contribution in [3.05, 3.63) is 66.2 Å². The molecule has 4 heteroatoms. The van der Waals surface area contributed by atoms with Crippen LogP contribution in [0.4, 0.5) is 0 Å². The third kappa shape index (κ3) is 3.46. The lowest BCUT2D eigenvalue weighted by molar-refractivity contribution is 0.0927. The highest BCUT2D eigenvalue weighted by molar-refractivity contribution is 6.07. The fourth-order valence-electron chi connectivity index (χ4n) is 3.65. The molecule has 0 radical (unpaired) electrons. The van der Waals surface area contributed by atoms with Crippen LogP contribution in [0.25, 0.3) is 22.2 Å². The summed E-state index contributed by atoms with van der Waals surface area (Å²) in [5.41, 5.74) is 3.38. The molecule has 1 aliphatic heterocycles. The number of hydrogen-bond donors (Lipinski definition) is 2. The van der Waals surface area contributed by atoms with Crippen molar-refractivity contribution in [3.63, 3.8) is 0 Å². The van der Waals surface area contributed by atoms with Crippen molar-refractivity contribution in [3.8, 4) is 11.3 Å². The van der Waals surface area contributed by atoms with E-state index in [1.165, 1.54) is 0 Å². The highest BCUT2D eigenvalue weighted by atomic mass is 16.1. The number of fused-ring (bicyclic) bond motifs is 1. The molecular formula is C22H23N3O. The van der Waals surface area contributed by atoms with E-state index in [-0.39, 0.29) is 11.9 Å². The van der Waals surface area contributed by atoms with Crippen LogP contribution in [0, 0.1) is 0 Å². The summed E-state index contributed by atoms with van der Waals surface area (Å²) < 4.78 is 0. The van der Waals surface area contributed by atoms with Crippen molar-refractivity contribution >= 4 is 16.8 Å². The summed E-state index contributed by atoms with van der Waals surface area (Å²) in [7, 11) is 0. The van der Waals surface area contributed by atoms with Gasteiger partial charge in [-0.05, 0) is 38.4 Å². The number of hydrogen-bond acceptors (Lipinski definition) is 3. The van der Waals surface area contributed by atoms with Gasteiger partial charge >= 0.3 is 0 Å². The summed E-state index contributed by atoms with van der Waals surface area (Å²) >= 11 is 0. The molecular weight excluding hydrogens is 322 g/mol. The average molecular weight is 345 g/mol. The van der Waals surface area contributed by atoms with Gasteiger partial charge in [-0.2, -0.15) is 0 Å². The minimum atomic E-state index is -0.0140. The second kappa shape index (κ2) is 7.26. The van der Waals surface area contributed by atoms with Gasteiger partial charge in [0.15, 0.2) is 0 Å². The van der Waals surface area contributed by atoms with E-state index in [4.69, 9.17) is 4.98 Å². The molecule has 2 heterocycles. The molecule has 1 amide bonds. The Morgan fingerprint density at radius 1 is 1.12 bits per heavy atom. The van der Waals surface area contributed by atoms with Gasteiger partial charge in [-0.15, -0.1) is 0 Å². The predicted octanol–water partition coefficient (Wildman–Crippen LogP) is 3.77. The van der Waals surface area contributed by atoms with Gasteiger partial charge in [-0.25, -0.2) is 4.98 Å². The van der Waals surface area contributed by atoms with E-state index in [2.05, 4.69) is 17.6 Å². The number of aromatic nitrogens is 1. The maximum absolute atomic E-state index is 13.1. The number of rotatable bonds is 3. The second-order valence-electron chi connectivity index (χ2n) is 6.99. The largest absolute Gasteiger partial charge is 0.349 e. The Kier molecular flexibility index (Phi) is 4.67. The standard InChI is InChI=1S/C22H23N3O/c1-15-13-17(11-12-23-15)24-22(26)19-14-21(16-7-3-2-4-8-16)25-20-10-6-5-9-18(19)20/h2-10,14-15,17,23H,11-13H2,1H3,(H,24,26). The number of para-hydroxylation sites is 1. The van der Waals surface area contributed by atoms with Gasteiger partial charge in [0.2, 0.25) is 0 Å². The van der Waals surface area contributed by atoms with Crippen molar-refractivity contribution in [2.75, 3.05) is 6.54 Å². The number of pyridine rings is 1. The lowest BCUT2D eigenvalue weighted by Crippen LogP contribution is -2.46. The van der Waals surface area contributed by atoms with Gasteiger partial charge in [0.05, 0.1) is 16.8 Å².